The number of hydrogen-bond acceptors (Lipinski definition) is 3. The predicted molar refractivity (Wildman–Crippen MR) is 124 cm³/mol. The maximum absolute atomic E-state index is 14.3. The van der Waals surface area contributed by atoms with Crippen molar-refractivity contribution in [3.05, 3.63) is 90.0 Å². The van der Waals surface area contributed by atoms with Crippen molar-refractivity contribution in [2.24, 2.45) is 0 Å². The number of methoxy groups -OCH3 is 1. The molecule has 3 aromatic carbocycles. The van der Waals surface area contributed by atoms with Gasteiger partial charge in [-0.15, -0.1) is 0 Å². The van der Waals surface area contributed by atoms with Crippen LogP contribution in [-0.4, -0.2) is 34.0 Å². The average molecular weight is 432 g/mol. The van der Waals surface area contributed by atoms with Gasteiger partial charge in [0.1, 0.15) is 5.82 Å². The van der Waals surface area contributed by atoms with E-state index in [1.807, 2.05) is 54.6 Å². The summed E-state index contributed by atoms with van der Waals surface area (Å²) in [6, 6.07) is 22.2. The van der Waals surface area contributed by atoms with Crippen molar-refractivity contribution in [2.45, 2.75) is 26.3 Å². The molecule has 0 unspecified atom stereocenters. The number of ether oxygens (including phenoxy) is 1. The SMILES string of the molecule is CCCCN(Cc1nc2ccccc2n1-c1ccccc1)C(=O)c1ccc(OC)c(F)c1. The van der Waals surface area contributed by atoms with Gasteiger partial charge >= 0.3 is 0 Å². The second-order valence-corrected chi connectivity index (χ2v) is 7.62. The molecule has 0 spiro atoms. The number of unbranched alkanes of at least 4 members (excludes halogenated alkanes) is 1. The molecule has 32 heavy (non-hydrogen) atoms. The molecule has 0 N–H and O–H groups in total. The predicted octanol–water partition coefficient (Wildman–Crippen LogP) is 5.62. The number of nitrogens with zero attached hydrogens (tertiary/aromatic N) is 3. The molecule has 0 radical (unpaired) electrons. The number of rotatable bonds is 8. The molecule has 6 heteroatoms. The van der Waals surface area contributed by atoms with Gasteiger partial charge in [0.25, 0.3) is 5.91 Å². The van der Waals surface area contributed by atoms with Crippen LogP contribution in [0, 0.1) is 5.82 Å². The van der Waals surface area contributed by atoms with Gasteiger partial charge in [0.2, 0.25) is 0 Å². The summed E-state index contributed by atoms with van der Waals surface area (Å²) < 4.78 is 21.3. The lowest BCUT2D eigenvalue weighted by Gasteiger charge is -2.23. The van der Waals surface area contributed by atoms with Gasteiger partial charge in [0, 0.05) is 17.8 Å². The van der Waals surface area contributed by atoms with E-state index >= 15 is 0 Å². The van der Waals surface area contributed by atoms with E-state index in [-0.39, 0.29) is 11.7 Å². The molecule has 0 aliphatic rings. The molecular formula is C26H26FN3O2. The number of para-hydroxylation sites is 3. The molecule has 1 amide bonds. The van der Waals surface area contributed by atoms with E-state index in [9.17, 15) is 9.18 Å². The number of halogens is 1. The second kappa shape index (κ2) is 9.64. The third kappa shape index (κ3) is 4.35. The van der Waals surface area contributed by atoms with Gasteiger partial charge in [-0.2, -0.15) is 0 Å². The Kier molecular flexibility index (Phi) is 6.50. The van der Waals surface area contributed by atoms with Crippen molar-refractivity contribution in [2.75, 3.05) is 13.7 Å². The number of amides is 1. The molecule has 4 aromatic rings. The average Bonchev–Trinajstić information content (AvgIpc) is 3.19. The summed E-state index contributed by atoms with van der Waals surface area (Å²) in [6.45, 7) is 2.95. The quantitative estimate of drug-likeness (QED) is 0.364. The lowest BCUT2D eigenvalue weighted by Crippen LogP contribution is -2.32. The fourth-order valence-electron chi connectivity index (χ4n) is 3.80. The molecule has 0 bridgehead atoms. The third-order valence-corrected chi connectivity index (χ3v) is 5.44. The van der Waals surface area contributed by atoms with Gasteiger partial charge < -0.3 is 9.64 Å². The molecule has 0 fully saturated rings. The van der Waals surface area contributed by atoms with Gasteiger partial charge in [0.15, 0.2) is 11.6 Å². The van der Waals surface area contributed by atoms with Crippen LogP contribution in [0.1, 0.15) is 35.9 Å². The van der Waals surface area contributed by atoms with E-state index in [4.69, 9.17) is 9.72 Å². The zero-order chi connectivity index (χ0) is 22.5. The summed E-state index contributed by atoms with van der Waals surface area (Å²) >= 11 is 0. The van der Waals surface area contributed by atoms with Crippen LogP contribution in [0.15, 0.2) is 72.8 Å². The van der Waals surface area contributed by atoms with E-state index in [1.165, 1.54) is 19.2 Å². The van der Waals surface area contributed by atoms with Crippen LogP contribution in [0.5, 0.6) is 5.75 Å². The Morgan fingerprint density at radius 1 is 1.06 bits per heavy atom. The molecule has 164 valence electrons. The number of fused-ring (bicyclic) bond motifs is 1. The molecule has 0 aliphatic carbocycles. The minimum atomic E-state index is -0.551. The van der Waals surface area contributed by atoms with Crippen LogP contribution in [-0.2, 0) is 6.54 Å². The lowest BCUT2D eigenvalue weighted by molar-refractivity contribution is 0.0735. The highest BCUT2D eigenvalue weighted by molar-refractivity contribution is 5.94. The topological polar surface area (TPSA) is 47.4 Å². The largest absolute Gasteiger partial charge is 0.494 e. The van der Waals surface area contributed by atoms with Gasteiger partial charge in [-0.05, 0) is 48.9 Å². The van der Waals surface area contributed by atoms with E-state index in [0.717, 1.165) is 35.4 Å². The van der Waals surface area contributed by atoms with E-state index < -0.39 is 5.82 Å². The summed E-state index contributed by atoms with van der Waals surface area (Å²) in [5.41, 5.74) is 3.12. The molecular weight excluding hydrogens is 405 g/mol. The van der Waals surface area contributed by atoms with Crippen molar-refractivity contribution < 1.29 is 13.9 Å². The minimum Gasteiger partial charge on any atom is -0.494 e. The van der Waals surface area contributed by atoms with Crippen molar-refractivity contribution in [3.8, 4) is 11.4 Å². The highest BCUT2D eigenvalue weighted by Gasteiger charge is 2.21. The monoisotopic (exact) mass is 431 g/mol. The number of carbonyl (C=O) groups is 1. The van der Waals surface area contributed by atoms with Crippen LogP contribution < -0.4 is 4.74 Å². The first-order chi connectivity index (χ1) is 15.6. The molecule has 4 rings (SSSR count). The van der Waals surface area contributed by atoms with Gasteiger partial charge in [0.05, 0.1) is 24.7 Å². The highest BCUT2D eigenvalue weighted by atomic mass is 19.1. The fraction of sp³-hybridized carbons (Fsp3) is 0.231. The summed E-state index contributed by atoms with van der Waals surface area (Å²) in [5, 5.41) is 0. The summed E-state index contributed by atoms with van der Waals surface area (Å²) in [4.78, 5) is 19.9. The molecule has 0 saturated carbocycles. The first-order valence-corrected chi connectivity index (χ1v) is 10.8. The maximum atomic E-state index is 14.3. The normalized spacial score (nSPS) is 11.0. The van der Waals surface area contributed by atoms with E-state index in [2.05, 4.69) is 11.5 Å². The summed E-state index contributed by atoms with van der Waals surface area (Å²) in [7, 11) is 1.40. The Morgan fingerprint density at radius 2 is 1.81 bits per heavy atom. The second-order valence-electron chi connectivity index (χ2n) is 7.62. The van der Waals surface area contributed by atoms with Crippen LogP contribution in [0.25, 0.3) is 16.7 Å². The Balaban J connectivity index is 1.73. The van der Waals surface area contributed by atoms with Crippen LogP contribution in [0.2, 0.25) is 0 Å². The van der Waals surface area contributed by atoms with Gasteiger partial charge in [-0.25, -0.2) is 9.37 Å². The Labute approximate surface area is 187 Å². The lowest BCUT2D eigenvalue weighted by atomic mass is 10.1. The first kappa shape index (κ1) is 21.6. The zero-order valence-corrected chi connectivity index (χ0v) is 18.3. The van der Waals surface area contributed by atoms with Crippen molar-refractivity contribution in [1.82, 2.24) is 14.5 Å². The molecule has 0 aliphatic heterocycles. The van der Waals surface area contributed by atoms with E-state index in [1.54, 1.807) is 11.0 Å². The number of carbonyl (C=O) groups excluding carboxylic acids is 1. The summed E-state index contributed by atoms with van der Waals surface area (Å²) in [6.07, 6.45) is 1.78. The number of benzene rings is 3. The Hall–Kier alpha value is -3.67. The Morgan fingerprint density at radius 3 is 2.53 bits per heavy atom. The smallest absolute Gasteiger partial charge is 0.254 e. The standard InChI is InChI=1S/C26H26FN3O2/c1-3-4-16-29(26(31)19-14-15-24(32-2)21(27)17-19)18-25-28-22-12-8-9-13-23(22)30(25)20-10-6-5-7-11-20/h5-15,17H,3-4,16,18H2,1-2H3. The molecule has 1 aromatic heterocycles. The van der Waals surface area contributed by atoms with Crippen molar-refractivity contribution >= 4 is 16.9 Å². The molecule has 0 atom stereocenters. The van der Waals surface area contributed by atoms with Crippen LogP contribution in [0.3, 0.4) is 0 Å². The maximum Gasteiger partial charge on any atom is 0.254 e. The Bertz CT molecular complexity index is 1220. The summed E-state index contributed by atoms with van der Waals surface area (Å²) in [5.74, 6) is 0.0975. The molecule has 1 heterocycles. The number of hydrogen-bond donors (Lipinski definition) is 0. The van der Waals surface area contributed by atoms with Crippen molar-refractivity contribution in [3.63, 3.8) is 0 Å². The molecule has 5 nitrogen and oxygen atoms in total. The fourth-order valence-corrected chi connectivity index (χ4v) is 3.80. The van der Waals surface area contributed by atoms with E-state index in [0.29, 0.717) is 18.7 Å². The minimum absolute atomic E-state index is 0.118. The molecule has 0 saturated heterocycles. The van der Waals surface area contributed by atoms with Crippen LogP contribution in [0.4, 0.5) is 4.39 Å². The first-order valence-electron chi connectivity index (χ1n) is 10.8. The number of imidazole rings is 1. The van der Waals surface area contributed by atoms with Crippen LogP contribution >= 0.6 is 0 Å². The van der Waals surface area contributed by atoms with Gasteiger partial charge in [-0.1, -0.05) is 43.7 Å². The number of aromatic nitrogens is 2. The van der Waals surface area contributed by atoms with Gasteiger partial charge in [-0.3, -0.25) is 9.36 Å². The van der Waals surface area contributed by atoms with Crippen molar-refractivity contribution in [1.29, 1.82) is 0 Å². The third-order valence-electron chi connectivity index (χ3n) is 5.44. The zero-order valence-electron chi connectivity index (χ0n) is 18.3. The highest BCUT2D eigenvalue weighted by Crippen LogP contribution is 2.24.